The lowest BCUT2D eigenvalue weighted by Gasteiger charge is -2.31. The van der Waals surface area contributed by atoms with E-state index in [9.17, 15) is 4.79 Å². The highest BCUT2D eigenvalue weighted by Crippen LogP contribution is 2.21. The average molecular weight is 354 g/mol. The van der Waals surface area contributed by atoms with Crippen LogP contribution in [0.2, 0.25) is 0 Å². The maximum atomic E-state index is 12.2. The quantitative estimate of drug-likeness (QED) is 0.728. The molecule has 8 nitrogen and oxygen atoms in total. The van der Waals surface area contributed by atoms with E-state index in [0.29, 0.717) is 24.0 Å². The van der Waals surface area contributed by atoms with Gasteiger partial charge in [-0.1, -0.05) is 17.3 Å². The van der Waals surface area contributed by atoms with Crippen molar-refractivity contribution in [3.8, 4) is 0 Å². The van der Waals surface area contributed by atoms with Crippen LogP contribution in [0.5, 0.6) is 0 Å². The minimum Gasteiger partial charge on any atom is -0.342 e. The zero-order valence-electron chi connectivity index (χ0n) is 14.7. The molecule has 0 bridgehead atoms. The number of H-pyrrole nitrogens is 1. The van der Waals surface area contributed by atoms with E-state index in [0.717, 1.165) is 49.2 Å². The number of imidazole rings is 1. The number of rotatable bonds is 5. The number of para-hydroxylation sites is 2. The molecule has 4 rings (SSSR count). The molecule has 3 heterocycles. The SMILES string of the molecule is Cc1nonc1NC(=O)CN1CCC[C@@H](Cc2nc3ccccc3[nH]2)C1. The van der Waals surface area contributed by atoms with Crippen LogP contribution < -0.4 is 5.32 Å². The number of nitrogens with zero attached hydrogens (tertiary/aromatic N) is 4. The van der Waals surface area contributed by atoms with Crippen molar-refractivity contribution in [1.29, 1.82) is 0 Å². The van der Waals surface area contributed by atoms with E-state index in [-0.39, 0.29) is 5.91 Å². The van der Waals surface area contributed by atoms with Crippen molar-refractivity contribution in [2.24, 2.45) is 5.92 Å². The van der Waals surface area contributed by atoms with Crippen molar-refractivity contribution in [3.05, 3.63) is 35.8 Å². The number of hydrogen-bond donors (Lipinski definition) is 2. The van der Waals surface area contributed by atoms with Gasteiger partial charge in [-0.25, -0.2) is 9.61 Å². The summed E-state index contributed by atoms with van der Waals surface area (Å²) in [5.41, 5.74) is 2.66. The minimum atomic E-state index is -0.0896. The fourth-order valence-electron chi connectivity index (χ4n) is 3.56. The van der Waals surface area contributed by atoms with Crippen molar-refractivity contribution < 1.29 is 9.42 Å². The summed E-state index contributed by atoms with van der Waals surface area (Å²) in [6.07, 6.45) is 3.14. The zero-order chi connectivity index (χ0) is 17.9. The minimum absolute atomic E-state index is 0.0896. The van der Waals surface area contributed by atoms with Gasteiger partial charge in [-0.3, -0.25) is 9.69 Å². The predicted octanol–water partition coefficient (Wildman–Crippen LogP) is 2.15. The van der Waals surface area contributed by atoms with Gasteiger partial charge in [0.1, 0.15) is 11.5 Å². The van der Waals surface area contributed by atoms with E-state index in [4.69, 9.17) is 0 Å². The van der Waals surface area contributed by atoms with Crippen LogP contribution in [0.25, 0.3) is 11.0 Å². The summed E-state index contributed by atoms with van der Waals surface area (Å²) in [7, 11) is 0. The molecule has 1 aliphatic rings. The summed E-state index contributed by atoms with van der Waals surface area (Å²) >= 11 is 0. The van der Waals surface area contributed by atoms with Gasteiger partial charge in [0.25, 0.3) is 0 Å². The number of benzene rings is 1. The molecule has 1 atom stereocenters. The fourth-order valence-corrected chi connectivity index (χ4v) is 3.56. The van der Waals surface area contributed by atoms with Crippen molar-refractivity contribution in [1.82, 2.24) is 25.2 Å². The summed E-state index contributed by atoms with van der Waals surface area (Å²) in [4.78, 5) is 22.5. The van der Waals surface area contributed by atoms with Crippen LogP contribution >= 0.6 is 0 Å². The number of nitrogens with one attached hydrogen (secondary N) is 2. The molecule has 0 aliphatic carbocycles. The van der Waals surface area contributed by atoms with Crippen LogP contribution in [0.4, 0.5) is 5.82 Å². The Kier molecular flexibility index (Phi) is 4.66. The van der Waals surface area contributed by atoms with Crippen LogP contribution in [0.1, 0.15) is 24.4 Å². The van der Waals surface area contributed by atoms with Gasteiger partial charge in [0.15, 0.2) is 5.82 Å². The van der Waals surface area contributed by atoms with E-state index in [1.165, 1.54) is 0 Å². The number of carbonyl (C=O) groups excluding carboxylic acids is 1. The van der Waals surface area contributed by atoms with Crippen LogP contribution in [-0.4, -0.2) is 50.7 Å². The molecule has 8 heteroatoms. The number of anilines is 1. The molecule has 1 saturated heterocycles. The van der Waals surface area contributed by atoms with Gasteiger partial charge in [-0.15, -0.1) is 0 Å². The third kappa shape index (κ3) is 3.75. The van der Waals surface area contributed by atoms with E-state index in [1.807, 2.05) is 24.3 Å². The van der Waals surface area contributed by atoms with E-state index in [1.54, 1.807) is 6.92 Å². The Morgan fingerprint density at radius 2 is 2.27 bits per heavy atom. The molecule has 26 heavy (non-hydrogen) atoms. The van der Waals surface area contributed by atoms with Gasteiger partial charge in [0.05, 0.1) is 17.6 Å². The van der Waals surface area contributed by atoms with Gasteiger partial charge >= 0.3 is 0 Å². The molecular formula is C18H22N6O2. The molecule has 0 saturated carbocycles. The Morgan fingerprint density at radius 1 is 1.38 bits per heavy atom. The lowest BCUT2D eigenvalue weighted by atomic mass is 9.94. The molecule has 1 aliphatic heterocycles. The number of aromatic nitrogens is 4. The lowest BCUT2D eigenvalue weighted by Crippen LogP contribution is -2.41. The van der Waals surface area contributed by atoms with Gasteiger partial charge in [0, 0.05) is 13.0 Å². The first kappa shape index (κ1) is 16.7. The Balaban J connectivity index is 1.33. The number of carbonyl (C=O) groups is 1. The van der Waals surface area contributed by atoms with E-state index >= 15 is 0 Å². The van der Waals surface area contributed by atoms with Gasteiger partial charge < -0.3 is 10.3 Å². The molecule has 136 valence electrons. The number of aromatic amines is 1. The third-order valence-electron chi connectivity index (χ3n) is 4.80. The molecule has 0 spiro atoms. The van der Waals surface area contributed by atoms with Crippen LogP contribution in [0, 0.1) is 12.8 Å². The van der Waals surface area contributed by atoms with Crippen molar-refractivity contribution in [2.45, 2.75) is 26.2 Å². The highest BCUT2D eigenvalue weighted by molar-refractivity contribution is 5.91. The number of piperidine rings is 1. The zero-order valence-corrected chi connectivity index (χ0v) is 14.7. The van der Waals surface area contributed by atoms with Crippen LogP contribution in [0.15, 0.2) is 28.9 Å². The first-order valence-electron chi connectivity index (χ1n) is 8.92. The van der Waals surface area contributed by atoms with Gasteiger partial charge in [-0.05, 0) is 49.5 Å². The second kappa shape index (κ2) is 7.25. The number of likely N-dealkylation sites (tertiary alicyclic amines) is 1. The second-order valence-electron chi connectivity index (χ2n) is 6.89. The van der Waals surface area contributed by atoms with Crippen molar-refractivity contribution in [3.63, 3.8) is 0 Å². The molecule has 1 fully saturated rings. The maximum Gasteiger partial charge on any atom is 0.239 e. The van der Waals surface area contributed by atoms with Gasteiger partial charge in [-0.2, -0.15) is 0 Å². The molecule has 1 aromatic carbocycles. The Labute approximate surface area is 150 Å². The number of amides is 1. The van der Waals surface area contributed by atoms with Crippen molar-refractivity contribution >= 4 is 22.8 Å². The molecule has 0 radical (unpaired) electrons. The van der Waals surface area contributed by atoms with Crippen LogP contribution in [-0.2, 0) is 11.2 Å². The smallest absolute Gasteiger partial charge is 0.239 e. The fraction of sp³-hybridized carbons (Fsp3) is 0.444. The standard InChI is InChI=1S/C18H22N6O2/c1-12-18(23-26-22-12)21-17(25)11-24-8-4-5-13(10-24)9-16-19-14-6-2-3-7-15(14)20-16/h2-3,6-7,13H,4-5,8-11H2,1H3,(H,19,20)(H,21,23,25)/t13-/m0/s1. The van der Waals surface area contributed by atoms with E-state index in [2.05, 4.69) is 35.1 Å². The van der Waals surface area contributed by atoms with Gasteiger partial charge in [0.2, 0.25) is 5.91 Å². The van der Waals surface area contributed by atoms with Crippen LogP contribution in [0.3, 0.4) is 0 Å². The highest BCUT2D eigenvalue weighted by atomic mass is 16.6. The number of hydrogen-bond acceptors (Lipinski definition) is 6. The summed E-state index contributed by atoms with van der Waals surface area (Å²) in [5.74, 6) is 1.82. The number of fused-ring (bicyclic) bond motifs is 1. The molecule has 1 amide bonds. The molecular weight excluding hydrogens is 332 g/mol. The summed E-state index contributed by atoms with van der Waals surface area (Å²) < 4.78 is 4.61. The van der Waals surface area contributed by atoms with E-state index < -0.39 is 0 Å². The normalized spacial score (nSPS) is 18.3. The summed E-state index contributed by atoms with van der Waals surface area (Å²) in [5, 5.41) is 10.1. The maximum absolute atomic E-state index is 12.2. The first-order chi connectivity index (χ1) is 12.7. The number of aryl methyl sites for hydroxylation is 1. The average Bonchev–Trinajstić information content (AvgIpc) is 3.20. The lowest BCUT2D eigenvalue weighted by molar-refractivity contribution is -0.117. The second-order valence-corrected chi connectivity index (χ2v) is 6.89. The summed E-state index contributed by atoms with van der Waals surface area (Å²) in [6, 6.07) is 8.08. The van der Waals surface area contributed by atoms with Crippen molar-refractivity contribution in [2.75, 3.05) is 25.0 Å². The Morgan fingerprint density at radius 3 is 3.08 bits per heavy atom. The molecule has 0 unspecified atom stereocenters. The summed E-state index contributed by atoms with van der Waals surface area (Å²) in [6.45, 7) is 3.92. The molecule has 3 aromatic rings. The monoisotopic (exact) mass is 354 g/mol. The first-order valence-corrected chi connectivity index (χ1v) is 8.92. The molecule has 2 N–H and O–H groups in total. The Bertz CT molecular complexity index is 869. The molecule has 2 aromatic heterocycles. The largest absolute Gasteiger partial charge is 0.342 e. The highest BCUT2D eigenvalue weighted by Gasteiger charge is 2.23. The third-order valence-corrected chi connectivity index (χ3v) is 4.80. The Hall–Kier alpha value is -2.74. The topological polar surface area (TPSA) is 99.9 Å². The predicted molar refractivity (Wildman–Crippen MR) is 96.6 cm³/mol.